The third-order valence-electron chi connectivity index (χ3n) is 4.59. The fourth-order valence-corrected chi connectivity index (χ4v) is 5.75. The van der Waals surface area contributed by atoms with E-state index in [0.717, 1.165) is 56.0 Å². The van der Waals surface area contributed by atoms with Crippen LogP contribution in [0.2, 0.25) is 6.04 Å². The molecule has 0 saturated carbocycles. The smallest absolute Gasteiger partial charge is 0.501 e. The molecule has 0 aromatic rings. The highest BCUT2D eigenvalue weighted by Crippen LogP contribution is 2.20. The molecule has 0 aliphatic rings. The summed E-state index contributed by atoms with van der Waals surface area (Å²) in [5.41, 5.74) is 0. The molecule has 0 rings (SSSR count). The minimum absolute atomic E-state index is 0. The quantitative estimate of drug-likeness (QED) is 0.232. The number of halogens is 1. The van der Waals surface area contributed by atoms with E-state index < -0.39 is 8.80 Å². The fourth-order valence-electron chi connectivity index (χ4n) is 3.16. The van der Waals surface area contributed by atoms with Crippen molar-refractivity contribution in [1.82, 2.24) is 0 Å². The Morgan fingerprint density at radius 3 is 1.58 bits per heavy atom. The van der Waals surface area contributed by atoms with Gasteiger partial charge in [-0.15, -0.1) is 0 Å². The van der Waals surface area contributed by atoms with Gasteiger partial charge in [-0.1, -0.05) is 0 Å². The van der Waals surface area contributed by atoms with Crippen LogP contribution in [-0.2, 0) is 13.3 Å². The molecule has 0 heterocycles. The maximum Gasteiger partial charge on any atom is 0.501 e. The second kappa shape index (κ2) is 15.6. The minimum Gasteiger partial charge on any atom is -1.00 e. The van der Waals surface area contributed by atoms with Crippen LogP contribution in [0.15, 0.2) is 0 Å². The molecule has 0 radical (unpaired) electrons. The van der Waals surface area contributed by atoms with Gasteiger partial charge in [0.15, 0.2) is 0 Å². The van der Waals surface area contributed by atoms with Crippen molar-refractivity contribution >= 4 is 8.80 Å². The Bertz CT molecular complexity index is 264. The molecule has 7 heteroatoms. The van der Waals surface area contributed by atoms with Crippen LogP contribution in [0.1, 0.15) is 53.9 Å². The van der Waals surface area contributed by atoms with Crippen LogP contribution in [0, 0.1) is 0 Å². The lowest BCUT2D eigenvalue weighted by Gasteiger charge is -2.38. The summed E-state index contributed by atoms with van der Waals surface area (Å²) in [7, 11) is -2.51. The van der Waals surface area contributed by atoms with Gasteiger partial charge in [-0.05, 0) is 47.5 Å². The van der Waals surface area contributed by atoms with E-state index in [0.29, 0.717) is 26.4 Å². The fraction of sp³-hybridized carbons (Fsp3) is 1.00. The van der Waals surface area contributed by atoms with Crippen molar-refractivity contribution in [2.75, 3.05) is 52.6 Å². The lowest BCUT2D eigenvalue weighted by molar-refractivity contribution is -0.925. The van der Waals surface area contributed by atoms with E-state index in [-0.39, 0.29) is 12.4 Å². The van der Waals surface area contributed by atoms with Crippen molar-refractivity contribution in [2.45, 2.75) is 59.9 Å². The summed E-state index contributed by atoms with van der Waals surface area (Å²) in [5.74, 6) is 0. The third-order valence-corrected chi connectivity index (χ3v) is 7.74. The Kier molecular flexibility index (Phi) is 17.2. The molecule has 1 N–H and O–H groups in total. The molecule has 0 aliphatic heterocycles. The normalized spacial score (nSPS) is 12.2. The molecular formula is C17H40ClNO4Si. The van der Waals surface area contributed by atoms with E-state index in [9.17, 15) is 0 Å². The molecule has 0 aliphatic carbocycles. The number of unbranched alkanes of at least 4 members (excludes halogenated alkanes) is 1. The second-order valence-corrected chi connectivity index (χ2v) is 8.67. The van der Waals surface area contributed by atoms with Crippen LogP contribution in [0.5, 0.6) is 0 Å². The first-order valence-corrected chi connectivity index (χ1v) is 11.4. The van der Waals surface area contributed by atoms with Crippen LogP contribution in [0.3, 0.4) is 0 Å². The van der Waals surface area contributed by atoms with Crippen LogP contribution < -0.4 is 12.4 Å². The van der Waals surface area contributed by atoms with Gasteiger partial charge in [-0.3, -0.25) is 0 Å². The van der Waals surface area contributed by atoms with E-state index >= 15 is 0 Å². The van der Waals surface area contributed by atoms with Crippen molar-refractivity contribution in [3.63, 3.8) is 0 Å². The van der Waals surface area contributed by atoms with Crippen molar-refractivity contribution in [3.05, 3.63) is 0 Å². The number of aliphatic hydroxyl groups is 1. The maximum atomic E-state index is 9.02. The van der Waals surface area contributed by atoms with Gasteiger partial charge < -0.3 is 35.3 Å². The molecule has 0 amide bonds. The molecular weight excluding hydrogens is 346 g/mol. The van der Waals surface area contributed by atoms with Crippen LogP contribution in [0.25, 0.3) is 0 Å². The highest BCUT2D eigenvalue weighted by molar-refractivity contribution is 6.60. The van der Waals surface area contributed by atoms with E-state index in [1.165, 1.54) is 0 Å². The van der Waals surface area contributed by atoms with Crippen molar-refractivity contribution < 1.29 is 35.3 Å². The first-order valence-electron chi connectivity index (χ1n) is 9.45. The van der Waals surface area contributed by atoms with E-state index in [2.05, 4.69) is 13.8 Å². The lowest BCUT2D eigenvalue weighted by Crippen LogP contribution is -3.00. The molecule has 5 nitrogen and oxygen atoms in total. The average molecular weight is 386 g/mol. The van der Waals surface area contributed by atoms with E-state index in [1.807, 2.05) is 20.8 Å². The van der Waals surface area contributed by atoms with Gasteiger partial charge in [0, 0.05) is 38.9 Å². The number of quaternary nitrogens is 1. The van der Waals surface area contributed by atoms with Crippen LogP contribution >= 0.6 is 0 Å². The molecule has 148 valence electrons. The van der Waals surface area contributed by atoms with Gasteiger partial charge in [0.2, 0.25) is 0 Å². The topological polar surface area (TPSA) is 47.9 Å². The summed E-state index contributed by atoms with van der Waals surface area (Å²) < 4.78 is 18.9. The average Bonchev–Trinajstić information content (AvgIpc) is 2.54. The SMILES string of the molecule is CCO[Si](CCC[N+](CC)(CC)CCCCO)(OCC)OCC.[Cl-]. The number of rotatable bonds is 16. The van der Waals surface area contributed by atoms with E-state index in [1.54, 1.807) is 0 Å². The Morgan fingerprint density at radius 2 is 1.21 bits per heavy atom. The molecule has 0 aromatic carbocycles. The molecule has 24 heavy (non-hydrogen) atoms. The molecule has 0 unspecified atom stereocenters. The van der Waals surface area contributed by atoms with E-state index in [4.69, 9.17) is 18.4 Å². The van der Waals surface area contributed by atoms with Crippen molar-refractivity contribution in [3.8, 4) is 0 Å². The monoisotopic (exact) mass is 385 g/mol. The Balaban J connectivity index is 0. The van der Waals surface area contributed by atoms with Gasteiger partial charge in [0.25, 0.3) is 0 Å². The molecule has 0 saturated heterocycles. The first kappa shape index (κ1) is 26.5. The third kappa shape index (κ3) is 9.70. The highest BCUT2D eigenvalue weighted by atomic mass is 35.5. The highest BCUT2D eigenvalue weighted by Gasteiger charge is 2.40. The van der Waals surface area contributed by atoms with Gasteiger partial charge >= 0.3 is 8.80 Å². The standard InChI is InChI=1S/C17H40NO4Si.ClH/c1-6-18(7-2,14-11-12-16-19)15-13-17-23(20-8-3,21-9-4)22-10-5;/h19H,6-17H2,1-5H3;1H/q+1;/p-1. The summed E-state index contributed by atoms with van der Waals surface area (Å²) in [6.07, 6.45) is 3.05. The number of aliphatic hydroxyl groups excluding tert-OH is 1. The minimum atomic E-state index is -2.51. The van der Waals surface area contributed by atoms with Crippen molar-refractivity contribution in [1.29, 1.82) is 0 Å². The summed E-state index contributed by atoms with van der Waals surface area (Å²) in [6.45, 7) is 17.3. The molecule has 0 fully saturated rings. The molecule has 0 bridgehead atoms. The van der Waals surface area contributed by atoms with Gasteiger partial charge in [-0.2, -0.15) is 0 Å². The molecule has 0 atom stereocenters. The number of hydrogen-bond donors (Lipinski definition) is 1. The lowest BCUT2D eigenvalue weighted by atomic mass is 10.2. The molecule has 0 aromatic heterocycles. The number of hydrogen-bond acceptors (Lipinski definition) is 4. The Labute approximate surface area is 157 Å². The predicted molar refractivity (Wildman–Crippen MR) is 97.5 cm³/mol. The van der Waals surface area contributed by atoms with Gasteiger partial charge in [-0.25, -0.2) is 0 Å². The zero-order valence-electron chi connectivity index (χ0n) is 16.5. The predicted octanol–water partition coefficient (Wildman–Crippen LogP) is 0.0580. The Morgan fingerprint density at radius 1 is 0.750 bits per heavy atom. The van der Waals surface area contributed by atoms with Crippen LogP contribution in [-0.4, -0.2) is 71.0 Å². The summed E-state index contributed by atoms with van der Waals surface area (Å²) in [4.78, 5) is 0. The van der Waals surface area contributed by atoms with Gasteiger partial charge in [0.1, 0.15) is 0 Å². The summed E-state index contributed by atoms with van der Waals surface area (Å²) >= 11 is 0. The molecule has 0 spiro atoms. The summed E-state index contributed by atoms with van der Waals surface area (Å²) in [6, 6.07) is 0.891. The number of nitrogens with zero attached hydrogens (tertiary/aromatic N) is 1. The van der Waals surface area contributed by atoms with Crippen LogP contribution in [0.4, 0.5) is 0 Å². The summed E-state index contributed by atoms with van der Waals surface area (Å²) in [5, 5.41) is 9.02. The first-order chi connectivity index (χ1) is 11.1. The second-order valence-electron chi connectivity index (χ2n) is 5.94. The largest absolute Gasteiger partial charge is 1.00 e. The zero-order chi connectivity index (χ0) is 17.6. The zero-order valence-corrected chi connectivity index (χ0v) is 18.2. The van der Waals surface area contributed by atoms with Crippen molar-refractivity contribution in [2.24, 2.45) is 0 Å². The maximum absolute atomic E-state index is 9.02. The Hall–Kier alpha value is 0.307. The van der Waals surface area contributed by atoms with Gasteiger partial charge in [0.05, 0.1) is 26.2 Å².